The zero-order valence-electron chi connectivity index (χ0n) is 15.4. The molecule has 6 nitrogen and oxygen atoms in total. The molecule has 3 aromatic rings. The number of rotatable bonds is 7. The number of nitrogens with one attached hydrogen (secondary N) is 2. The molecule has 29 heavy (non-hydrogen) atoms. The molecule has 9 heteroatoms. The topological polar surface area (TPSA) is 80.3 Å². The van der Waals surface area contributed by atoms with Crippen molar-refractivity contribution in [3.63, 3.8) is 0 Å². The second kappa shape index (κ2) is 9.49. The molecule has 3 rings (SSSR count). The summed E-state index contributed by atoms with van der Waals surface area (Å²) in [7, 11) is 0. The molecular formula is C20H17ClFN3O3S. The van der Waals surface area contributed by atoms with Crippen LogP contribution in [0.2, 0.25) is 5.02 Å². The van der Waals surface area contributed by atoms with Gasteiger partial charge in [-0.05, 0) is 42.5 Å². The molecular weight excluding hydrogens is 417 g/mol. The number of thiazole rings is 1. The highest BCUT2D eigenvalue weighted by atomic mass is 35.5. The predicted octanol–water partition coefficient (Wildman–Crippen LogP) is 4.65. The van der Waals surface area contributed by atoms with Gasteiger partial charge in [0.05, 0.1) is 17.8 Å². The number of aromatic nitrogens is 1. The quantitative estimate of drug-likeness (QED) is 0.568. The van der Waals surface area contributed by atoms with Crippen LogP contribution in [-0.2, 0) is 22.6 Å². The summed E-state index contributed by atoms with van der Waals surface area (Å²) in [6.45, 7) is 1.61. The summed E-state index contributed by atoms with van der Waals surface area (Å²) in [5, 5.41) is 8.13. The summed E-state index contributed by atoms with van der Waals surface area (Å²) in [4.78, 5) is 27.7. The number of anilines is 2. The second-order valence-electron chi connectivity index (χ2n) is 6.08. The Hall–Kier alpha value is -2.97. The first-order chi connectivity index (χ1) is 13.9. The van der Waals surface area contributed by atoms with E-state index in [1.54, 1.807) is 29.6 Å². The molecule has 0 fully saturated rings. The van der Waals surface area contributed by atoms with Gasteiger partial charge in [-0.1, -0.05) is 11.6 Å². The Labute approximate surface area is 175 Å². The lowest BCUT2D eigenvalue weighted by Gasteiger charge is -2.08. The lowest BCUT2D eigenvalue weighted by Crippen LogP contribution is -2.16. The van der Waals surface area contributed by atoms with E-state index in [1.807, 2.05) is 0 Å². The third-order valence-electron chi connectivity index (χ3n) is 3.68. The van der Waals surface area contributed by atoms with Gasteiger partial charge in [0.15, 0.2) is 0 Å². The highest BCUT2D eigenvalue weighted by Gasteiger charge is 2.12. The summed E-state index contributed by atoms with van der Waals surface area (Å²) in [5.74, 6) is -0.634. The zero-order valence-corrected chi connectivity index (χ0v) is 16.9. The molecule has 0 atom stereocenters. The van der Waals surface area contributed by atoms with Crippen LogP contribution in [-0.4, -0.2) is 16.8 Å². The molecule has 150 valence electrons. The van der Waals surface area contributed by atoms with E-state index in [0.29, 0.717) is 27.2 Å². The first-order valence-electron chi connectivity index (χ1n) is 8.57. The number of carbonyl (C=O) groups is 2. The molecule has 0 saturated carbocycles. The number of hydrogen-bond acceptors (Lipinski definition) is 5. The van der Waals surface area contributed by atoms with Crippen LogP contribution in [0, 0.1) is 5.82 Å². The van der Waals surface area contributed by atoms with Crippen molar-refractivity contribution < 1.29 is 18.7 Å². The number of carbonyl (C=O) groups excluding carboxylic acids is 2. The number of amides is 2. The first-order valence-corrected chi connectivity index (χ1v) is 9.83. The van der Waals surface area contributed by atoms with Crippen molar-refractivity contribution >= 4 is 46.1 Å². The minimum absolute atomic E-state index is 0.0113. The van der Waals surface area contributed by atoms with Gasteiger partial charge >= 0.3 is 0 Å². The summed E-state index contributed by atoms with van der Waals surface area (Å²) in [5.41, 5.74) is 0.938. The van der Waals surface area contributed by atoms with Gasteiger partial charge in [-0.25, -0.2) is 9.37 Å². The Bertz CT molecular complexity index is 1020. The van der Waals surface area contributed by atoms with Crippen LogP contribution in [0.15, 0.2) is 47.8 Å². The highest BCUT2D eigenvalue weighted by Crippen LogP contribution is 2.21. The van der Waals surface area contributed by atoms with E-state index in [0.717, 1.165) is 0 Å². The Morgan fingerprint density at radius 3 is 2.66 bits per heavy atom. The second-order valence-corrected chi connectivity index (χ2v) is 7.46. The molecule has 2 N–H and O–H groups in total. The van der Waals surface area contributed by atoms with Crippen molar-refractivity contribution in [2.45, 2.75) is 20.0 Å². The Kier molecular flexibility index (Phi) is 6.79. The Morgan fingerprint density at radius 2 is 1.93 bits per heavy atom. The maximum atomic E-state index is 13.9. The number of ether oxygens (including phenoxy) is 1. The van der Waals surface area contributed by atoms with E-state index in [1.165, 1.54) is 36.5 Å². The average Bonchev–Trinajstić information content (AvgIpc) is 3.11. The monoisotopic (exact) mass is 433 g/mol. The SMILES string of the molecule is CC(=O)Nc1ccc(F)c(NC(=O)Cc2csc(COc3ccc(Cl)cc3)n2)c1. The van der Waals surface area contributed by atoms with E-state index in [9.17, 15) is 14.0 Å². The fourth-order valence-electron chi connectivity index (χ4n) is 2.43. The summed E-state index contributed by atoms with van der Waals surface area (Å²) >= 11 is 7.20. The lowest BCUT2D eigenvalue weighted by molar-refractivity contribution is -0.116. The molecule has 0 aliphatic rings. The molecule has 1 heterocycles. The molecule has 0 bridgehead atoms. The molecule has 0 spiro atoms. The number of nitrogens with zero attached hydrogens (tertiary/aromatic N) is 1. The van der Waals surface area contributed by atoms with Crippen LogP contribution in [0.4, 0.5) is 15.8 Å². The Balaban J connectivity index is 1.56. The number of benzene rings is 2. The van der Waals surface area contributed by atoms with Gasteiger partial charge in [0.1, 0.15) is 23.2 Å². The minimum atomic E-state index is -0.595. The van der Waals surface area contributed by atoms with Crippen molar-refractivity contribution in [2.24, 2.45) is 0 Å². The van der Waals surface area contributed by atoms with E-state index < -0.39 is 11.7 Å². The molecule has 0 aliphatic heterocycles. The molecule has 2 amide bonds. The van der Waals surface area contributed by atoms with E-state index in [2.05, 4.69) is 15.6 Å². The van der Waals surface area contributed by atoms with Gasteiger partial charge in [-0.2, -0.15) is 0 Å². The van der Waals surface area contributed by atoms with Gasteiger partial charge in [0, 0.05) is 23.0 Å². The summed E-state index contributed by atoms with van der Waals surface area (Å²) in [6, 6.07) is 10.9. The van der Waals surface area contributed by atoms with Crippen molar-refractivity contribution in [2.75, 3.05) is 10.6 Å². The van der Waals surface area contributed by atoms with Crippen molar-refractivity contribution in [3.05, 3.63) is 69.4 Å². The number of hydrogen-bond donors (Lipinski definition) is 2. The maximum absolute atomic E-state index is 13.9. The molecule has 0 radical (unpaired) electrons. The van der Waals surface area contributed by atoms with Gasteiger partial charge in [0.2, 0.25) is 11.8 Å². The zero-order chi connectivity index (χ0) is 20.8. The smallest absolute Gasteiger partial charge is 0.230 e. The van der Waals surface area contributed by atoms with Crippen molar-refractivity contribution in [1.29, 1.82) is 0 Å². The fourth-order valence-corrected chi connectivity index (χ4v) is 3.26. The lowest BCUT2D eigenvalue weighted by atomic mass is 10.2. The first kappa shape index (κ1) is 20.8. The standard InChI is InChI=1S/C20H17ClFN3O3S/c1-12(26)23-14-4-7-17(22)18(8-14)25-19(27)9-15-11-29-20(24-15)10-28-16-5-2-13(21)3-6-16/h2-8,11H,9-10H2,1H3,(H,23,26)(H,25,27). The third-order valence-corrected chi connectivity index (χ3v) is 4.80. The van der Waals surface area contributed by atoms with Crippen LogP contribution < -0.4 is 15.4 Å². The van der Waals surface area contributed by atoms with Gasteiger partial charge in [-0.3, -0.25) is 9.59 Å². The summed E-state index contributed by atoms with van der Waals surface area (Å²) in [6.07, 6.45) is -0.0126. The molecule has 2 aromatic carbocycles. The van der Waals surface area contributed by atoms with Crippen LogP contribution in [0.1, 0.15) is 17.6 Å². The largest absolute Gasteiger partial charge is 0.486 e. The highest BCUT2D eigenvalue weighted by molar-refractivity contribution is 7.09. The van der Waals surface area contributed by atoms with E-state index >= 15 is 0 Å². The molecule has 0 aliphatic carbocycles. The van der Waals surface area contributed by atoms with E-state index in [-0.39, 0.29) is 24.6 Å². The van der Waals surface area contributed by atoms with Crippen molar-refractivity contribution in [3.8, 4) is 5.75 Å². The van der Waals surface area contributed by atoms with Crippen LogP contribution in [0.3, 0.4) is 0 Å². The van der Waals surface area contributed by atoms with Crippen LogP contribution in [0.5, 0.6) is 5.75 Å². The van der Waals surface area contributed by atoms with Gasteiger partial charge < -0.3 is 15.4 Å². The normalized spacial score (nSPS) is 10.4. The fraction of sp³-hybridized carbons (Fsp3) is 0.150. The minimum Gasteiger partial charge on any atom is -0.486 e. The van der Waals surface area contributed by atoms with Gasteiger partial charge in [0.25, 0.3) is 0 Å². The average molecular weight is 434 g/mol. The Morgan fingerprint density at radius 1 is 1.17 bits per heavy atom. The number of halogens is 2. The summed E-state index contributed by atoms with van der Waals surface area (Å²) < 4.78 is 19.6. The van der Waals surface area contributed by atoms with Crippen LogP contribution in [0.25, 0.3) is 0 Å². The van der Waals surface area contributed by atoms with Crippen LogP contribution >= 0.6 is 22.9 Å². The predicted molar refractivity (Wildman–Crippen MR) is 111 cm³/mol. The maximum Gasteiger partial charge on any atom is 0.230 e. The third kappa shape index (κ3) is 6.27. The van der Waals surface area contributed by atoms with Crippen molar-refractivity contribution in [1.82, 2.24) is 4.98 Å². The molecule has 0 unspecified atom stereocenters. The molecule has 1 aromatic heterocycles. The molecule has 0 saturated heterocycles. The van der Waals surface area contributed by atoms with Gasteiger partial charge in [-0.15, -0.1) is 11.3 Å². The van der Waals surface area contributed by atoms with E-state index in [4.69, 9.17) is 16.3 Å².